The van der Waals surface area contributed by atoms with Gasteiger partial charge in [-0.3, -0.25) is 4.79 Å². The monoisotopic (exact) mass is 281 g/mol. The molecule has 0 unspecified atom stereocenters. The fourth-order valence-electron chi connectivity index (χ4n) is 1.72. The molecule has 3 nitrogen and oxygen atoms in total. The Balaban J connectivity index is 2.22. The zero-order chi connectivity index (χ0) is 13.1. The first kappa shape index (κ1) is 13.1. The molecule has 0 aliphatic rings. The molecular formula is C13H12ClNO2S. The molecule has 18 heavy (non-hydrogen) atoms. The fraction of sp³-hybridized carbons (Fsp3) is 0.231. The summed E-state index contributed by atoms with van der Waals surface area (Å²) in [6.07, 6.45) is 0.679. The first-order chi connectivity index (χ1) is 8.54. The minimum atomic E-state index is -0.849. The third-order valence-corrected chi connectivity index (χ3v) is 3.75. The van der Waals surface area contributed by atoms with Gasteiger partial charge in [-0.1, -0.05) is 23.7 Å². The number of aliphatic carboxylic acids is 1. The molecule has 0 atom stereocenters. The number of aryl methyl sites for hydroxylation is 1. The zero-order valence-corrected chi connectivity index (χ0v) is 11.4. The predicted octanol–water partition coefficient (Wildman–Crippen LogP) is 3.32. The molecule has 0 saturated carbocycles. The van der Waals surface area contributed by atoms with Gasteiger partial charge in [-0.2, -0.15) is 0 Å². The van der Waals surface area contributed by atoms with Crippen LogP contribution < -0.4 is 0 Å². The number of nitrogens with zero attached hydrogens (tertiary/aromatic N) is 1. The molecule has 0 bridgehead atoms. The maximum atomic E-state index is 10.8. The molecule has 0 amide bonds. The van der Waals surface area contributed by atoms with E-state index < -0.39 is 5.97 Å². The number of hydrogen-bond acceptors (Lipinski definition) is 3. The number of halogens is 1. The summed E-state index contributed by atoms with van der Waals surface area (Å²) in [5.74, 6) is -0.849. The smallest absolute Gasteiger partial charge is 0.309 e. The third-order valence-electron chi connectivity index (χ3n) is 2.48. The Morgan fingerprint density at radius 3 is 2.67 bits per heavy atom. The van der Waals surface area contributed by atoms with Gasteiger partial charge in [-0.05, 0) is 24.6 Å². The van der Waals surface area contributed by atoms with Crippen molar-refractivity contribution in [1.29, 1.82) is 0 Å². The Morgan fingerprint density at radius 2 is 2.06 bits per heavy atom. The number of benzene rings is 1. The van der Waals surface area contributed by atoms with Crippen molar-refractivity contribution in [2.75, 3.05) is 0 Å². The predicted molar refractivity (Wildman–Crippen MR) is 72.4 cm³/mol. The van der Waals surface area contributed by atoms with Crippen molar-refractivity contribution in [3.05, 3.63) is 50.4 Å². The lowest BCUT2D eigenvalue weighted by molar-refractivity contribution is -0.136. The summed E-state index contributed by atoms with van der Waals surface area (Å²) in [5.41, 5.74) is 1.77. The maximum Gasteiger partial charge on any atom is 0.309 e. The van der Waals surface area contributed by atoms with Gasteiger partial charge in [0, 0.05) is 16.3 Å². The number of aromatic nitrogens is 1. The van der Waals surface area contributed by atoms with Crippen molar-refractivity contribution in [2.45, 2.75) is 19.8 Å². The van der Waals surface area contributed by atoms with E-state index in [-0.39, 0.29) is 6.42 Å². The van der Waals surface area contributed by atoms with Gasteiger partial charge in [0.05, 0.1) is 17.1 Å². The Morgan fingerprint density at radius 1 is 1.39 bits per heavy atom. The number of carboxylic acid groups (broad SMARTS) is 1. The van der Waals surface area contributed by atoms with Gasteiger partial charge < -0.3 is 5.11 Å². The van der Waals surface area contributed by atoms with Crippen molar-refractivity contribution in [2.24, 2.45) is 0 Å². The summed E-state index contributed by atoms with van der Waals surface area (Å²) < 4.78 is 0. The molecule has 1 aromatic carbocycles. The van der Waals surface area contributed by atoms with E-state index >= 15 is 0 Å². The lowest BCUT2D eigenvalue weighted by atomic mass is 10.1. The van der Waals surface area contributed by atoms with Crippen LogP contribution in [-0.4, -0.2) is 16.1 Å². The number of hydrogen-bond donors (Lipinski definition) is 1. The Kier molecular flexibility index (Phi) is 3.99. The second-order valence-electron chi connectivity index (χ2n) is 3.98. The molecule has 0 aliphatic heterocycles. The normalized spacial score (nSPS) is 10.6. The second kappa shape index (κ2) is 5.50. The molecule has 2 aromatic rings. The highest BCUT2D eigenvalue weighted by Gasteiger charge is 2.12. The zero-order valence-electron chi connectivity index (χ0n) is 9.81. The lowest BCUT2D eigenvalue weighted by Gasteiger charge is -2.01. The molecule has 0 spiro atoms. The molecule has 0 radical (unpaired) electrons. The van der Waals surface area contributed by atoms with Gasteiger partial charge in [0.2, 0.25) is 0 Å². The highest BCUT2D eigenvalue weighted by Crippen LogP contribution is 2.23. The van der Waals surface area contributed by atoms with E-state index in [0.29, 0.717) is 17.1 Å². The lowest BCUT2D eigenvalue weighted by Crippen LogP contribution is -2.03. The largest absolute Gasteiger partial charge is 0.481 e. The highest BCUT2D eigenvalue weighted by molar-refractivity contribution is 7.11. The standard InChI is InChI=1S/C13H12ClNO2S/c1-8-15-11(7-13(16)17)12(18-8)6-9-2-4-10(14)5-3-9/h2-5H,6-7H2,1H3,(H,16,17). The van der Waals surface area contributed by atoms with Gasteiger partial charge in [0.15, 0.2) is 0 Å². The minimum absolute atomic E-state index is 0.0206. The van der Waals surface area contributed by atoms with Crippen molar-refractivity contribution in [3.63, 3.8) is 0 Å². The van der Waals surface area contributed by atoms with Crippen molar-refractivity contribution >= 4 is 28.9 Å². The van der Waals surface area contributed by atoms with Crippen LogP contribution in [0.2, 0.25) is 5.02 Å². The van der Waals surface area contributed by atoms with E-state index in [1.807, 2.05) is 31.2 Å². The van der Waals surface area contributed by atoms with Gasteiger partial charge in [0.25, 0.3) is 0 Å². The van der Waals surface area contributed by atoms with Crippen LogP contribution in [0.25, 0.3) is 0 Å². The molecule has 1 aromatic heterocycles. The van der Waals surface area contributed by atoms with Crippen LogP contribution in [0.5, 0.6) is 0 Å². The summed E-state index contributed by atoms with van der Waals surface area (Å²) in [7, 11) is 0. The van der Waals surface area contributed by atoms with Gasteiger partial charge in [-0.15, -0.1) is 11.3 Å². The van der Waals surface area contributed by atoms with Gasteiger partial charge >= 0.3 is 5.97 Å². The van der Waals surface area contributed by atoms with E-state index in [2.05, 4.69) is 4.98 Å². The Labute approximate surface area is 114 Å². The molecule has 1 heterocycles. The number of carboxylic acids is 1. The van der Waals surface area contributed by atoms with Gasteiger partial charge in [0.1, 0.15) is 0 Å². The summed E-state index contributed by atoms with van der Waals surface area (Å²) >= 11 is 7.38. The molecular weight excluding hydrogens is 270 g/mol. The number of rotatable bonds is 4. The average molecular weight is 282 g/mol. The topological polar surface area (TPSA) is 50.2 Å². The van der Waals surface area contributed by atoms with E-state index in [4.69, 9.17) is 16.7 Å². The van der Waals surface area contributed by atoms with Crippen molar-refractivity contribution < 1.29 is 9.90 Å². The molecule has 0 aliphatic carbocycles. The van der Waals surface area contributed by atoms with Crippen LogP contribution >= 0.6 is 22.9 Å². The summed E-state index contributed by atoms with van der Waals surface area (Å²) in [6.45, 7) is 1.89. The fourth-order valence-corrected chi connectivity index (χ4v) is 2.83. The summed E-state index contributed by atoms with van der Waals surface area (Å²) in [6, 6.07) is 7.56. The van der Waals surface area contributed by atoms with E-state index in [1.165, 1.54) is 0 Å². The van der Waals surface area contributed by atoms with E-state index in [9.17, 15) is 4.79 Å². The number of carbonyl (C=O) groups is 1. The van der Waals surface area contributed by atoms with Crippen LogP contribution in [0.1, 0.15) is 21.1 Å². The first-order valence-corrected chi connectivity index (χ1v) is 6.65. The van der Waals surface area contributed by atoms with E-state index in [1.54, 1.807) is 11.3 Å². The molecule has 0 fully saturated rings. The van der Waals surface area contributed by atoms with Crippen LogP contribution in [0, 0.1) is 6.92 Å². The highest BCUT2D eigenvalue weighted by atomic mass is 35.5. The molecule has 94 valence electrons. The van der Waals surface area contributed by atoms with E-state index in [0.717, 1.165) is 15.4 Å². The van der Waals surface area contributed by atoms with Crippen LogP contribution in [-0.2, 0) is 17.6 Å². The molecule has 2 rings (SSSR count). The van der Waals surface area contributed by atoms with Crippen molar-refractivity contribution in [3.8, 4) is 0 Å². The first-order valence-electron chi connectivity index (χ1n) is 5.46. The summed E-state index contributed by atoms with van der Waals surface area (Å²) in [5, 5.41) is 10.4. The SMILES string of the molecule is Cc1nc(CC(=O)O)c(Cc2ccc(Cl)cc2)s1. The van der Waals surface area contributed by atoms with Crippen LogP contribution in [0.4, 0.5) is 0 Å². The maximum absolute atomic E-state index is 10.8. The third kappa shape index (κ3) is 3.31. The number of thiazole rings is 1. The summed E-state index contributed by atoms with van der Waals surface area (Å²) in [4.78, 5) is 16.1. The van der Waals surface area contributed by atoms with Crippen molar-refractivity contribution in [1.82, 2.24) is 4.98 Å². The van der Waals surface area contributed by atoms with Crippen LogP contribution in [0.15, 0.2) is 24.3 Å². The Bertz CT molecular complexity index is 563. The Hall–Kier alpha value is -1.39. The van der Waals surface area contributed by atoms with Gasteiger partial charge in [-0.25, -0.2) is 4.98 Å². The minimum Gasteiger partial charge on any atom is -0.481 e. The quantitative estimate of drug-likeness (QED) is 0.935. The molecule has 1 N–H and O–H groups in total. The molecule has 5 heteroatoms. The second-order valence-corrected chi connectivity index (χ2v) is 5.70. The van der Waals surface area contributed by atoms with Crippen LogP contribution in [0.3, 0.4) is 0 Å². The average Bonchev–Trinajstić information content (AvgIpc) is 2.61. The molecule has 0 saturated heterocycles.